The van der Waals surface area contributed by atoms with Crippen LogP contribution >= 0.6 is 11.8 Å². The standard InChI is InChI=1S/C12H12F3N3OS/c13-12(14,15)7-2-1-3-8(6-7)17-5-4-9-10(19)18-11(16)20-9/h1-3,6,9,17H,4-5H2,(H2,16,18,19). The second kappa shape index (κ2) is 5.74. The SMILES string of the molecule is NC1=NC(=O)C(CCNc2cccc(C(F)(F)F)c2)S1. The van der Waals surface area contributed by atoms with Crippen LogP contribution in [0.3, 0.4) is 0 Å². The van der Waals surface area contributed by atoms with E-state index in [1.54, 1.807) is 6.07 Å². The fourth-order valence-electron chi connectivity index (χ4n) is 1.74. The van der Waals surface area contributed by atoms with Gasteiger partial charge in [0.2, 0.25) is 0 Å². The van der Waals surface area contributed by atoms with Gasteiger partial charge in [0.1, 0.15) is 0 Å². The highest BCUT2D eigenvalue weighted by molar-refractivity contribution is 8.15. The monoisotopic (exact) mass is 303 g/mol. The molecule has 108 valence electrons. The van der Waals surface area contributed by atoms with Crippen molar-refractivity contribution >= 4 is 28.5 Å². The summed E-state index contributed by atoms with van der Waals surface area (Å²) in [4.78, 5) is 14.9. The van der Waals surface area contributed by atoms with E-state index in [9.17, 15) is 18.0 Å². The van der Waals surface area contributed by atoms with Crippen molar-refractivity contribution in [2.75, 3.05) is 11.9 Å². The average molecular weight is 303 g/mol. The van der Waals surface area contributed by atoms with Crippen molar-refractivity contribution in [2.45, 2.75) is 17.8 Å². The van der Waals surface area contributed by atoms with Gasteiger partial charge in [0, 0.05) is 12.2 Å². The number of alkyl halides is 3. The second-order valence-electron chi connectivity index (χ2n) is 4.19. The fourth-order valence-corrected chi connectivity index (χ4v) is 2.56. The smallest absolute Gasteiger partial charge is 0.385 e. The first-order valence-electron chi connectivity index (χ1n) is 5.82. The number of amidine groups is 1. The number of hydrogen-bond donors (Lipinski definition) is 2. The summed E-state index contributed by atoms with van der Waals surface area (Å²) >= 11 is 1.17. The summed E-state index contributed by atoms with van der Waals surface area (Å²) in [5.41, 5.74) is 5.07. The van der Waals surface area contributed by atoms with E-state index in [0.29, 0.717) is 18.7 Å². The van der Waals surface area contributed by atoms with Crippen LogP contribution in [0.15, 0.2) is 29.3 Å². The number of nitrogens with one attached hydrogen (secondary N) is 1. The Morgan fingerprint density at radius 3 is 2.75 bits per heavy atom. The molecule has 1 aliphatic heterocycles. The van der Waals surface area contributed by atoms with E-state index in [1.807, 2.05) is 0 Å². The Morgan fingerprint density at radius 2 is 2.15 bits per heavy atom. The van der Waals surface area contributed by atoms with Gasteiger partial charge in [-0.1, -0.05) is 17.8 Å². The maximum atomic E-state index is 12.5. The lowest BCUT2D eigenvalue weighted by Gasteiger charge is -2.11. The number of anilines is 1. The minimum absolute atomic E-state index is 0.235. The van der Waals surface area contributed by atoms with E-state index in [4.69, 9.17) is 5.73 Å². The quantitative estimate of drug-likeness (QED) is 0.896. The van der Waals surface area contributed by atoms with Crippen molar-refractivity contribution in [1.29, 1.82) is 0 Å². The highest BCUT2D eigenvalue weighted by Gasteiger charge is 2.30. The van der Waals surface area contributed by atoms with Gasteiger partial charge in [0.25, 0.3) is 5.91 Å². The van der Waals surface area contributed by atoms with E-state index in [-0.39, 0.29) is 16.3 Å². The predicted molar refractivity (Wildman–Crippen MR) is 72.6 cm³/mol. The number of carbonyl (C=O) groups excluding carboxylic acids is 1. The molecule has 0 radical (unpaired) electrons. The molecular formula is C12H12F3N3OS. The van der Waals surface area contributed by atoms with Crippen LogP contribution in [0.25, 0.3) is 0 Å². The Morgan fingerprint density at radius 1 is 1.40 bits per heavy atom. The van der Waals surface area contributed by atoms with Gasteiger partial charge in [-0.2, -0.15) is 18.2 Å². The van der Waals surface area contributed by atoms with Crippen LogP contribution < -0.4 is 11.1 Å². The molecule has 4 nitrogen and oxygen atoms in total. The molecule has 1 aliphatic rings. The molecule has 1 aromatic rings. The normalized spacial score (nSPS) is 19.1. The lowest BCUT2D eigenvalue weighted by atomic mass is 10.2. The summed E-state index contributed by atoms with van der Waals surface area (Å²) in [5.74, 6) is -0.293. The zero-order valence-electron chi connectivity index (χ0n) is 10.3. The third-order valence-corrected chi connectivity index (χ3v) is 3.74. The molecule has 1 atom stereocenters. The molecule has 2 rings (SSSR count). The molecule has 0 aliphatic carbocycles. The zero-order valence-corrected chi connectivity index (χ0v) is 11.1. The van der Waals surface area contributed by atoms with Gasteiger partial charge in [0.05, 0.1) is 10.8 Å². The molecule has 1 amide bonds. The van der Waals surface area contributed by atoms with Crippen molar-refractivity contribution in [3.05, 3.63) is 29.8 Å². The van der Waals surface area contributed by atoms with E-state index in [2.05, 4.69) is 10.3 Å². The molecule has 3 N–H and O–H groups in total. The first-order valence-corrected chi connectivity index (χ1v) is 6.70. The van der Waals surface area contributed by atoms with E-state index < -0.39 is 11.7 Å². The number of carbonyl (C=O) groups is 1. The first-order chi connectivity index (χ1) is 9.36. The Labute approximate surface area is 117 Å². The maximum absolute atomic E-state index is 12.5. The van der Waals surface area contributed by atoms with Crippen LogP contribution in [-0.2, 0) is 11.0 Å². The van der Waals surface area contributed by atoms with E-state index in [1.165, 1.54) is 17.8 Å². The van der Waals surface area contributed by atoms with Gasteiger partial charge in [-0.25, -0.2) is 0 Å². The minimum Gasteiger partial charge on any atom is -0.385 e. The molecule has 1 heterocycles. The zero-order chi connectivity index (χ0) is 14.8. The molecule has 0 spiro atoms. The van der Waals surface area contributed by atoms with Crippen LogP contribution in [0.1, 0.15) is 12.0 Å². The summed E-state index contributed by atoms with van der Waals surface area (Å²) in [6, 6.07) is 4.93. The van der Waals surface area contributed by atoms with Crippen molar-refractivity contribution in [3.63, 3.8) is 0 Å². The topological polar surface area (TPSA) is 67.5 Å². The van der Waals surface area contributed by atoms with Gasteiger partial charge >= 0.3 is 6.18 Å². The van der Waals surface area contributed by atoms with Gasteiger partial charge in [-0.05, 0) is 24.6 Å². The van der Waals surface area contributed by atoms with Crippen molar-refractivity contribution in [1.82, 2.24) is 0 Å². The molecular weight excluding hydrogens is 291 g/mol. The molecule has 20 heavy (non-hydrogen) atoms. The van der Waals surface area contributed by atoms with Crippen LogP contribution in [-0.4, -0.2) is 22.9 Å². The van der Waals surface area contributed by atoms with Crippen LogP contribution in [0.4, 0.5) is 18.9 Å². The van der Waals surface area contributed by atoms with E-state index in [0.717, 1.165) is 12.1 Å². The maximum Gasteiger partial charge on any atom is 0.416 e. The first kappa shape index (κ1) is 14.7. The van der Waals surface area contributed by atoms with Gasteiger partial charge in [-0.3, -0.25) is 4.79 Å². The van der Waals surface area contributed by atoms with Gasteiger partial charge in [0.15, 0.2) is 5.17 Å². The number of rotatable bonds is 4. The molecule has 1 aromatic carbocycles. The number of halogens is 3. The minimum atomic E-state index is -4.36. The predicted octanol–water partition coefficient (Wildman–Crippen LogP) is 2.46. The summed E-state index contributed by atoms with van der Waals surface area (Å²) < 4.78 is 37.6. The number of amides is 1. The van der Waals surface area contributed by atoms with Crippen LogP contribution in [0.2, 0.25) is 0 Å². The van der Waals surface area contributed by atoms with Crippen molar-refractivity contribution in [3.8, 4) is 0 Å². The molecule has 0 fully saturated rings. The Bertz CT molecular complexity index is 545. The Hall–Kier alpha value is -1.70. The summed E-state index contributed by atoms with van der Waals surface area (Å²) in [7, 11) is 0. The number of nitrogens with zero attached hydrogens (tertiary/aromatic N) is 1. The summed E-state index contributed by atoms with van der Waals surface area (Å²) in [5, 5.41) is 2.74. The molecule has 1 unspecified atom stereocenters. The molecule has 0 bridgehead atoms. The summed E-state index contributed by atoms with van der Waals surface area (Å²) in [6.07, 6.45) is -3.92. The van der Waals surface area contributed by atoms with Crippen molar-refractivity contribution in [2.24, 2.45) is 10.7 Å². The molecule has 0 aromatic heterocycles. The molecule has 0 saturated carbocycles. The fraction of sp³-hybridized carbons (Fsp3) is 0.333. The summed E-state index contributed by atoms with van der Waals surface area (Å²) in [6.45, 7) is 0.369. The Balaban J connectivity index is 1.88. The third-order valence-electron chi connectivity index (χ3n) is 2.68. The van der Waals surface area contributed by atoms with E-state index >= 15 is 0 Å². The van der Waals surface area contributed by atoms with Gasteiger partial charge < -0.3 is 11.1 Å². The highest BCUT2D eigenvalue weighted by atomic mass is 32.2. The Kier molecular flexibility index (Phi) is 4.22. The van der Waals surface area contributed by atoms with Crippen LogP contribution in [0, 0.1) is 0 Å². The second-order valence-corrected chi connectivity index (χ2v) is 5.41. The largest absolute Gasteiger partial charge is 0.416 e. The molecule has 0 saturated heterocycles. The van der Waals surface area contributed by atoms with Gasteiger partial charge in [-0.15, -0.1) is 0 Å². The highest BCUT2D eigenvalue weighted by Crippen LogP contribution is 2.30. The number of benzene rings is 1. The third kappa shape index (κ3) is 3.66. The number of nitrogens with two attached hydrogens (primary N) is 1. The number of aliphatic imine (C=N–C) groups is 1. The van der Waals surface area contributed by atoms with Crippen LogP contribution in [0.5, 0.6) is 0 Å². The van der Waals surface area contributed by atoms with Crippen molar-refractivity contribution < 1.29 is 18.0 Å². The molecule has 8 heteroatoms. The lowest BCUT2D eigenvalue weighted by molar-refractivity contribution is -0.137. The number of thioether (sulfide) groups is 1. The lowest BCUT2D eigenvalue weighted by Crippen LogP contribution is -2.16. The number of hydrogen-bond acceptors (Lipinski definition) is 4. The average Bonchev–Trinajstić information content (AvgIpc) is 2.67.